The van der Waals surface area contributed by atoms with E-state index in [0.717, 1.165) is 50.2 Å². The van der Waals surface area contributed by atoms with Gasteiger partial charge in [0.25, 0.3) is 0 Å². The van der Waals surface area contributed by atoms with Gasteiger partial charge < -0.3 is 24.8 Å². The molecule has 0 aromatic heterocycles. The molecule has 0 radical (unpaired) electrons. The first kappa shape index (κ1) is 22.8. The largest absolute Gasteiger partial charge is 0.497 e. The zero-order chi connectivity index (χ0) is 16.8. The van der Waals surface area contributed by atoms with Crippen molar-refractivity contribution in [3.8, 4) is 11.5 Å². The highest BCUT2D eigenvalue weighted by Crippen LogP contribution is 2.18. The van der Waals surface area contributed by atoms with Crippen molar-refractivity contribution in [1.82, 2.24) is 10.6 Å². The highest BCUT2D eigenvalue weighted by atomic mass is 127. The second-order valence-corrected chi connectivity index (χ2v) is 4.77. The first-order valence-corrected chi connectivity index (χ1v) is 8.17. The first-order valence-electron chi connectivity index (χ1n) is 8.17. The van der Waals surface area contributed by atoms with Crippen molar-refractivity contribution in [3.63, 3.8) is 0 Å². The van der Waals surface area contributed by atoms with E-state index < -0.39 is 0 Å². The van der Waals surface area contributed by atoms with Crippen molar-refractivity contribution >= 4 is 29.9 Å². The minimum Gasteiger partial charge on any atom is -0.497 e. The lowest BCUT2D eigenvalue weighted by atomic mass is 10.3. The van der Waals surface area contributed by atoms with Gasteiger partial charge in [-0.05, 0) is 32.4 Å². The Balaban J connectivity index is 0.00000529. The van der Waals surface area contributed by atoms with Crippen molar-refractivity contribution < 1.29 is 14.2 Å². The van der Waals surface area contributed by atoms with Crippen LogP contribution in [0.1, 0.15) is 20.3 Å². The molecule has 6 nitrogen and oxygen atoms in total. The quantitative estimate of drug-likeness (QED) is 0.235. The van der Waals surface area contributed by atoms with E-state index in [1.165, 1.54) is 0 Å². The molecule has 1 aromatic carbocycles. The average molecular weight is 451 g/mol. The van der Waals surface area contributed by atoms with Gasteiger partial charge in [-0.2, -0.15) is 0 Å². The summed E-state index contributed by atoms with van der Waals surface area (Å²) in [6.07, 6.45) is 0.921. The van der Waals surface area contributed by atoms with E-state index in [9.17, 15) is 0 Å². The number of nitrogens with one attached hydrogen (secondary N) is 2. The zero-order valence-corrected chi connectivity index (χ0v) is 17.2. The van der Waals surface area contributed by atoms with Gasteiger partial charge in [-0.3, -0.25) is 4.99 Å². The van der Waals surface area contributed by atoms with Crippen molar-refractivity contribution in [2.75, 3.05) is 46.6 Å². The van der Waals surface area contributed by atoms with Gasteiger partial charge in [-0.25, -0.2) is 0 Å². The predicted molar refractivity (Wildman–Crippen MR) is 109 cm³/mol. The van der Waals surface area contributed by atoms with E-state index in [4.69, 9.17) is 14.2 Å². The lowest BCUT2D eigenvalue weighted by Gasteiger charge is -2.12. The van der Waals surface area contributed by atoms with Crippen LogP contribution in [0.2, 0.25) is 0 Å². The highest BCUT2D eigenvalue weighted by molar-refractivity contribution is 14.0. The number of nitrogens with zero attached hydrogens (tertiary/aromatic N) is 1. The van der Waals surface area contributed by atoms with Crippen LogP contribution in [0, 0.1) is 0 Å². The third kappa shape index (κ3) is 10.5. The summed E-state index contributed by atoms with van der Waals surface area (Å²) in [5, 5.41) is 6.47. The maximum Gasteiger partial charge on any atom is 0.191 e. The van der Waals surface area contributed by atoms with Crippen molar-refractivity contribution in [2.24, 2.45) is 4.99 Å². The third-order valence-electron chi connectivity index (χ3n) is 2.97. The average Bonchev–Trinajstić information content (AvgIpc) is 2.58. The van der Waals surface area contributed by atoms with E-state index in [-0.39, 0.29) is 24.0 Å². The summed E-state index contributed by atoms with van der Waals surface area (Å²) in [6.45, 7) is 8.34. The van der Waals surface area contributed by atoms with E-state index >= 15 is 0 Å². The Bertz CT molecular complexity index is 458. The smallest absolute Gasteiger partial charge is 0.191 e. The monoisotopic (exact) mass is 451 g/mol. The number of guanidine groups is 1. The van der Waals surface area contributed by atoms with Crippen molar-refractivity contribution in [2.45, 2.75) is 20.3 Å². The molecular formula is C17H30IN3O3. The Morgan fingerprint density at radius 3 is 2.62 bits per heavy atom. The summed E-state index contributed by atoms with van der Waals surface area (Å²) >= 11 is 0. The Kier molecular flexibility index (Phi) is 14.5. The Labute approximate surface area is 162 Å². The van der Waals surface area contributed by atoms with Gasteiger partial charge in [0.05, 0.1) is 13.7 Å². The van der Waals surface area contributed by atoms with Crippen LogP contribution >= 0.6 is 24.0 Å². The molecule has 0 aliphatic rings. The fourth-order valence-corrected chi connectivity index (χ4v) is 1.87. The van der Waals surface area contributed by atoms with E-state index in [1.54, 1.807) is 7.11 Å². The van der Waals surface area contributed by atoms with Crippen molar-refractivity contribution in [1.29, 1.82) is 0 Å². The lowest BCUT2D eigenvalue weighted by Crippen LogP contribution is -2.39. The van der Waals surface area contributed by atoms with Gasteiger partial charge in [0, 0.05) is 32.4 Å². The molecule has 0 amide bonds. The molecule has 0 aliphatic heterocycles. The first-order chi connectivity index (χ1) is 11.3. The maximum absolute atomic E-state index is 5.69. The molecule has 0 atom stereocenters. The molecule has 7 heteroatoms. The Hall–Kier alpha value is -1.22. The molecule has 0 unspecified atom stereocenters. The fraction of sp³-hybridized carbons (Fsp3) is 0.588. The summed E-state index contributed by atoms with van der Waals surface area (Å²) in [5.41, 5.74) is 0. The van der Waals surface area contributed by atoms with Gasteiger partial charge in [0.15, 0.2) is 5.96 Å². The predicted octanol–water partition coefficient (Wildman–Crippen LogP) is 2.67. The van der Waals surface area contributed by atoms with Crippen LogP contribution in [0.4, 0.5) is 0 Å². The molecule has 0 spiro atoms. The molecule has 0 saturated carbocycles. The Morgan fingerprint density at radius 2 is 1.92 bits per heavy atom. The number of hydrogen-bond acceptors (Lipinski definition) is 4. The van der Waals surface area contributed by atoms with Crippen LogP contribution in [-0.2, 0) is 4.74 Å². The zero-order valence-electron chi connectivity index (χ0n) is 14.8. The second-order valence-electron chi connectivity index (χ2n) is 4.77. The summed E-state index contributed by atoms with van der Waals surface area (Å²) in [7, 11) is 1.64. The summed E-state index contributed by atoms with van der Waals surface area (Å²) in [6, 6.07) is 7.58. The molecule has 24 heavy (non-hydrogen) atoms. The highest BCUT2D eigenvalue weighted by Gasteiger charge is 1.99. The van der Waals surface area contributed by atoms with Crippen LogP contribution < -0.4 is 20.1 Å². The lowest BCUT2D eigenvalue weighted by molar-refractivity contribution is 0.146. The third-order valence-corrected chi connectivity index (χ3v) is 2.97. The normalized spacial score (nSPS) is 10.7. The topological polar surface area (TPSA) is 64.1 Å². The summed E-state index contributed by atoms with van der Waals surface area (Å²) in [5.74, 6) is 2.39. The molecule has 0 fully saturated rings. The van der Waals surface area contributed by atoms with Crippen LogP contribution in [0.15, 0.2) is 29.3 Å². The minimum absolute atomic E-state index is 0. The van der Waals surface area contributed by atoms with Crippen LogP contribution in [0.3, 0.4) is 0 Å². The molecule has 0 bridgehead atoms. The Morgan fingerprint density at radius 1 is 1.12 bits per heavy atom. The van der Waals surface area contributed by atoms with Gasteiger partial charge in [-0.15, -0.1) is 24.0 Å². The summed E-state index contributed by atoms with van der Waals surface area (Å²) in [4.78, 5) is 4.50. The number of methoxy groups -OCH3 is 1. The van der Waals surface area contributed by atoms with Gasteiger partial charge in [0.2, 0.25) is 0 Å². The van der Waals surface area contributed by atoms with Crippen LogP contribution in [-0.4, -0.2) is 52.5 Å². The number of benzene rings is 1. The molecule has 138 valence electrons. The second kappa shape index (κ2) is 15.3. The maximum atomic E-state index is 5.69. The van der Waals surface area contributed by atoms with E-state index in [2.05, 4.69) is 15.6 Å². The minimum atomic E-state index is 0. The molecule has 1 rings (SSSR count). The van der Waals surface area contributed by atoms with Gasteiger partial charge >= 0.3 is 0 Å². The van der Waals surface area contributed by atoms with E-state index in [1.807, 2.05) is 38.1 Å². The molecule has 2 N–H and O–H groups in total. The molecule has 0 saturated heterocycles. The number of halogens is 1. The van der Waals surface area contributed by atoms with Crippen molar-refractivity contribution in [3.05, 3.63) is 24.3 Å². The number of ether oxygens (including phenoxy) is 3. The molecular weight excluding hydrogens is 421 g/mol. The SMILES string of the molecule is CCNC(=NCCCOCC)NCCOc1cccc(OC)c1.I. The fourth-order valence-electron chi connectivity index (χ4n) is 1.87. The molecule has 0 heterocycles. The number of rotatable bonds is 11. The molecule has 1 aromatic rings. The number of aliphatic imine (C=N–C) groups is 1. The van der Waals surface area contributed by atoms with E-state index in [0.29, 0.717) is 13.2 Å². The van der Waals surface area contributed by atoms with Gasteiger partial charge in [-0.1, -0.05) is 6.07 Å². The van der Waals surface area contributed by atoms with Crippen LogP contribution in [0.25, 0.3) is 0 Å². The van der Waals surface area contributed by atoms with Crippen LogP contribution in [0.5, 0.6) is 11.5 Å². The summed E-state index contributed by atoms with van der Waals surface area (Å²) < 4.78 is 16.2. The van der Waals surface area contributed by atoms with Gasteiger partial charge in [0.1, 0.15) is 18.1 Å². The number of hydrogen-bond donors (Lipinski definition) is 2. The molecule has 0 aliphatic carbocycles. The standard InChI is InChI=1S/C17H29N3O3.HI/c1-4-18-17(19-10-7-12-22-5-2)20-11-13-23-16-9-6-8-15(14-16)21-3;/h6,8-9,14H,4-5,7,10-13H2,1-3H3,(H2,18,19,20);1H.